The van der Waals surface area contributed by atoms with Crippen molar-refractivity contribution in [3.63, 3.8) is 0 Å². The molecule has 8 nitrogen and oxygen atoms in total. The molecule has 2 N–H and O–H groups in total. The largest absolute Gasteiger partial charge is 0.369 e. The Balaban J connectivity index is 1.39. The number of para-hydroxylation sites is 1. The summed E-state index contributed by atoms with van der Waals surface area (Å²) in [6, 6.07) is 17.4. The minimum Gasteiger partial charge on any atom is -0.369 e. The van der Waals surface area contributed by atoms with E-state index in [9.17, 15) is 0 Å². The van der Waals surface area contributed by atoms with E-state index in [0.29, 0.717) is 5.65 Å². The maximum Gasteiger partial charge on any atom is 0.182 e. The lowest BCUT2D eigenvalue weighted by atomic mass is 9.95. The lowest BCUT2D eigenvalue weighted by Gasteiger charge is -2.39. The molecular formula is C27H30N8. The van der Waals surface area contributed by atoms with Crippen molar-refractivity contribution in [1.29, 1.82) is 0 Å². The summed E-state index contributed by atoms with van der Waals surface area (Å²) < 4.78 is 0. The fourth-order valence-corrected chi connectivity index (χ4v) is 5.09. The van der Waals surface area contributed by atoms with E-state index in [0.717, 1.165) is 44.1 Å². The molecule has 1 unspecified atom stereocenters. The van der Waals surface area contributed by atoms with Gasteiger partial charge in [-0.2, -0.15) is 0 Å². The zero-order valence-corrected chi connectivity index (χ0v) is 20.1. The van der Waals surface area contributed by atoms with Crippen LogP contribution < -0.4 is 15.1 Å². The number of nitrogens with zero attached hydrogens (tertiary/aromatic N) is 6. The maximum absolute atomic E-state index is 4.49. The predicted molar refractivity (Wildman–Crippen MR) is 142 cm³/mol. The number of aromatic amines is 1. The van der Waals surface area contributed by atoms with Crippen LogP contribution in [0.1, 0.15) is 18.1 Å². The number of anilines is 3. The molecule has 35 heavy (non-hydrogen) atoms. The summed E-state index contributed by atoms with van der Waals surface area (Å²) >= 11 is 0. The first kappa shape index (κ1) is 21.6. The molecule has 8 heteroatoms. The number of rotatable bonds is 5. The minimum atomic E-state index is 0.0112. The number of imidazole rings is 1. The number of aromatic nitrogens is 4. The van der Waals surface area contributed by atoms with Gasteiger partial charge in [0, 0.05) is 48.8 Å². The van der Waals surface area contributed by atoms with Gasteiger partial charge in [0.1, 0.15) is 11.8 Å². The molecule has 6 rings (SSSR count). The first-order valence-electron chi connectivity index (χ1n) is 12.2. The summed E-state index contributed by atoms with van der Waals surface area (Å²) in [5.74, 6) is 0.755. The summed E-state index contributed by atoms with van der Waals surface area (Å²) in [4.78, 5) is 23.5. The average molecular weight is 467 g/mol. The number of hydrogen-bond acceptors (Lipinski definition) is 7. The van der Waals surface area contributed by atoms with E-state index >= 15 is 0 Å². The number of piperazine rings is 1. The molecule has 0 aliphatic carbocycles. The fraction of sp³-hybridized carbons (Fsp3) is 0.296. The molecule has 1 fully saturated rings. The predicted octanol–water partition coefficient (Wildman–Crippen LogP) is 3.97. The van der Waals surface area contributed by atoms with Crippen LogP contribution in [0.15, 0.2) is 66.9 Å². The van der Waals surface area contributed by atoms with Gasteiger partial charge in [-0.15, -0.1) is 0 Å². The van der Waals surface area contributed by atoms with Gasteiger partial charge in [0.2, 0.25) is 0 Å². The smallest absolute Gasteiger partial charge is 0.182 e. The van der Waals surface area contributed by atoms with Crippen LogP contribution in [0.25, 0.3) is 17.2 Å². The van der Waals surface area contributed by atoms with Gasteiger partial charge < -0.3 is 25.0 Å². The molecule has 4 aromatic rings. The molecule has 0 spiro atoms. The minimum absolute atomic E-state index is 0.0112. The number of fused-ring (bicyclic) bond motifs is 2. The Morgan fingerprint density at radius 2 is 1.77 bits per heavy atom. The van der Waals surface area contributed by atoms with Crippen molar-refractivity contribution >= 4 is 34.4 Å². The van der Waals surface area contributed by atoms with E-state index in [1.807, 2.05) is 0 Å². The Morgan fingerprint density at radius 3 is 2.60 bits per heavy atom. The van der Waals surface area contributed by atoms with Gasteiger partial charge in [-0.05, 0) is 43.8 Å². The average Bonchev–Trinajstić information content (AvgIpc) is 3.39. The summed E-state index contributed by atoms with van der Waals surface area (Å²) in [7, 11) is 2.20. The molecule has 0 radical (unpaired) electrons. The zero-order chi connectivity index (χ0) is 23.8. The highest BCUT2D eigenvalue weighted by Crippen LogP contribution is 2.37. The second-order valence-corrected chi connectivity index (χ2v) is 9.32. The van der Waals surface area contributed by atoms with Gasteiger partial charge >= 0.3 is 0 Å². The van der Waals surface area contributed by atoms with E-state index in [1.165, 1.54) is 28.2 Å². The molecule has 0 bridgehead atoms. The standard InChI is InChI=1S/C27H30N8/c1-19(32-27-25-26(29-17-28-25)30-18-31-27)24-15-20-7-6-10-23(34-13-11-33(2)12-14-34)22(20)16-35(24)21-8-4-3-5-9-21/h3-10,15,17-19H,11-14,16H2,1-2H3,(H2,28,29,30,31,32). The molecule has 2 aromatic carbocycles. The number of likely N-dealkylation sites (N-methyl/N-ethyl adjacent to an activating group) is 1. The van der Waals surface area contributed by atoms with Gasteiger partial charge in [-0.3, -0.25) is 0 Å². The zero-order valence-electron chi connectivity index (χ0n) is 20.1. The lowest BCUT2D eigenvalue weighted by molar-refractivity contribution is 0.312. The Labute approximate surface area is 205 Å². The van der Waals surface area contributed by atoms with Crippen molar-refractivity contribution in [2.45, 2.75) is 19.5 Å². The molecular weight excluding hydrogens is 436 g/mol. The third-order valence-electron chi connectivity index (χ3n) is 7.05. The van der Waals surface area contributed by atoms with Gasteiger partial charge in [0.15, 0.2) is 11.5 Å². The van der Waals surface area contributed by atoms with E-state index in [-0.39, 0.29) is 6.04 Å². The maximum atomic E-state index is 4.49. The van der Waals surface area contributed by atoms with Crippen molar-refractivity contribution in [1.82, 2.24) is 24.8 Å². The van der Waals surface area contributed by atoms with E-state index in [1.54, 1.807) is 12.7 Å². The van der Waals surface area contributed by atoms with Gasteiger partial charge in [0.25, 0.3) is 0 Å². The van der Waals surface area contributed by atoms with Crippen LogP contribution in [-0.4, -0.2) is 64.1 Å². The van der Waals surface area contributed by atoms with Crippen molar-refractivity contribution < 1.29 is 0 Å². The second-order valence-electron chi connectivity index (χ2n) is 9.32. The van der Waals surface area contributed by atoms with E-state index in [4.69, 9.17) is 0 Å². The van der Waals surface area contributed by atoms with Crippen LogP contribution >= 0.6 is 0 Å². The SMILES string of the molecule is CC(Nc1ncnc2nc[nH]c12)C1=Cc2cccc(N3CCN(C)CC3)c2CN1c1ccccc1. The number of hydrogen-bond donors (Lipinski definition) is 2. The summed E-state index contributed by atoms with van der Waals surface area (Å²) in [5.41, 5.74) is 7.88. The van der Waals surface area contributed by atoms with Crippen LogP contribution in [0.3, 0.4) is 0 Å². The van der Waals surface area contributed by atoms with Crippen molar-refractivity contribution in [2.24, 2.45) is 0 Å². The highest BCUT2D eigenvalue weighted by Gasteiger charge is 2.28. The topological polar surface area (TPSA) is 76.2 Å². The third-order valence-corrected chi connectivity index (χ3v) is 7.05. The first-order chi connectivity index (χ1) is 17.2. The number of benzene rings is 2. The molecule has 4 heterocycles. The molecule has 2 aromatic heterocycles. The van der Waals surface area contributed by atoms with Gasteiger partial charge in [0.05, 0.1) is 18.9 Å². The molecule has 1 saturated heterocycles. The first-order valence-corrected chi connectivity index (χ1v) is 12.2. The fourth-order valence-electron chi connectivity index (χ4n) is 5.09. The Morgan fingerprint density at radius 1 is 0.943 bits per heavy atom. The summed E-state index contributed by atoms with van der Waals surface area (Å²) in [6.07, 6.45) is 5.54. The van der Waals surface area contributed by atoms with Crippen molar-refractivity contribution in [3.8, 4) is 0 Å². The molecule has 2 aliphatic rings. The quantitative estimate of drug-likeness (QED) is 0.461. The molecule has 178 valence electrons. The third kappa shape index (κ3) is 4.10. The monoisotopic (exact) mass is 466 g/mol. The van der Waals surface area contributed by atoms with E-state index in [2.05, 4.69) is 109 Å². The highest BCUT2D eigenvalue weighted by atomic mass is 15.3. The Bertz CT molecular complexity index is 1350. The lowest BCUT2D eigenvalue weighted by Crippen LogP contribution is -2.45. The molecule has 0 amide bonds. The van der Waals surface area contributed by atoms with E-state index < -0.39 is 0 Å². The number of nitrogens with one attached hydrogen (secondary N) is 2. The van der Waals surface area contributed by atoms with Crippen LogP contribution in [-0.2, 0) is 6.54 Å². The molecule has 2 aliphatic heterocycles. The highest BCUT2D eigenvalue weighted by molar-refractivity contribution is 5.83. The van der Waals surface area contributed by atoms with Crippen LogP contribution in [0, 0.1) is 0 Å². The Kier molecular flexibility index (Phi) is 5.58. The normalized spacial score (nSPS) is 17.3. The van der Waals surface area contributed by atoms with Crippen LogP contribution in [0.5, 0.6) is 0 Å². The Hall–Kier alpha value is -3.91. The molecule has 1 atom stereocenters. The number of H-pyrrole nitrogens is 1. The molecule has 0 saturated carbocycles. The van der Waals surface area contributed by atoms with Gasteiger partial charge in [-0.1, -0.05) is 30.3 Å². The summed E-state index contributed by atoms with van der Waals surface area (Å²) in [6.45, 7) is 7.30. The van der Waals surface area contributed by atoms with Gasteiger partial charge in [-0.25, -0.2) is 15.0 Å². The van der Waals surface area contributed by atoms with Crippen molar-refractivity contribution in [2.75, 3.05) is 48.3 Å². The van der Waals surface area contributed by atoms with Crippen LogP contribution in [0.2, 0.25) is 0 Å². The second kappa shape index (κ2) is 9.03. The van der Waals surface area contributed by atoms with Crippen molar-refractivity contribution in [3.05, 3.63) is 78.0 Å². The summed E-state index contributed by atoms with van der Waals surface area (Å²) in [5, 5.41) is 3.61. The van der Waals surface area contributed by atoms with Crippen LogP contribution in [0.4, 0.5) is 17.2 Å².